The minimum atomic E-state index is -5.88. The van der Waals surface area contributed by atoms with Gasteiger partial charge in [0.1, 0.15) is 0 Å². The summed E-state index contributed by atoms with van der Waals surface area (Å²) in [7, 11) is 0. The normalized spacial score (nSPS) is 12.0. The second-order valence-corrected chi connectivity index (χ2v) is 8.07. The molecule has 0 aromatic heterocycles. The van der Waals surface area contributed by atoms with Crippen molar-refractivity contribution in [1.82, 2.24) is 0 Å². The monoisotopic (exact) mass is 290 g/mol. The van der Waals surface area contributed by atoms with E-state index in [2.05, 4.69) is 6.92 Å². The molecule has 0 N–H and O–H groups in total. The zero-order valence-electron chi connectivity index (χ0n) is 7.58. The molecule has 0 radical (unpaired) electrons. The molecule has 0 aliphatic heterocycles. The van der Waals surface area contributed by atoms with Gasteiger partial charge in [-0.05, 0) is 0 Å². The first-order chi connectivity index (χ1) is 5.56. The van der Waals surface area contributed by atoms with E-state index in [4.69, 9.17) is 0 Å². The van der Waals surface area contributed by atoms with Crippen LogP contribution in [0.1, 0.15) is 45.4 Å². The molecule has 0 saturated heterocycles. The molecule has 0 fully saturated rings. The fourth-order valence-electron chi connectivity index (χ4n) is 1.11. The molecular weight excluding hydrogens is 272 g/mol. The zero-order chi connectivity index (χ0) is 9.45. The van der Waals surface area contributed by atoms with Gasteiger partial charge in [0, 0.05) is 0 Å². The Morgan fingerprint density at radius 2 is 1.33 bits per heavy atom. The molecule has 0 atom stereocenters. The first-order valence-corrected chi connectivity index (χ1v) is 9.88. The molecule has 12 heavy (non-hydrogen) atoms. The van der Waals surface area contributed by atoms with Crippen LogP contribution in [0.2, 0.25) is 4.44 Å². The minimum absolute atomic E-state index is 0.392. The summed E-state index contributed by atoms with van der Waals surface area (Å²) < 4.78 is 35.1. The van der Waals surface area contributed by atoms with E-state index < -0.39 is 24.5 Å². The van der Waals surface area contributed by atoms with Crippen molar-refractivity contribution < 1.29 is 8.60 Å². The van der Waals surface area contributed by atoms with Crippen LogP contribution < -0.4 is 0 Å². The van der Waals surface area contributed by atoms with E-state index in [0.29, 0.717) is 6.42 Å². The fourth-order valence-corrected chi connectivity index (χ4v) is 2.96. The molecule has 4 heteroatoms. The zero-order valence-corrected chi connectivity index (χ0v) is 10.4. The summed E-state index contributed by atoms with van der Waals surface area (Å²) in [4.78, 5) is 0. The Kier molecular flexibility index (Phi) is 7.38. The van der Waals surface area contributed by atoms with Crippen molar-refractivity contribution in [2.45, 2.75) is 49.9 Å². The molecular formula is C8H17F3Sn. The third-order valence-corrected chi connectivity index (χ3v) is 4.44. The second-order valence-electron chi connectivity index (χ2n) is 3.13. The van der Waals surface area contributed by atoms with Crippen molar-refractivity contribution >= 4 is 20.1 Å². The summed E-state index contributed by atoms with van der Waals surface area (Å²) in [5, 5.41) is 0. The van der Waals surface area contributed by atoms with Crippen LogP contribution in [-0.2, 0) is 0 Å². The third kappa shape index (κ3) is 10.6. The van der Waals surface area contributed by atoms with Gasteiger partial charge in [-0.1, -0.05) is 0 Å². The van der Waals surface area contributed by atoms with Gasteiger partial charge >= 0.3 is 78.6 Å². The predicted molar refractivity (Wildman–Crippen MR) is 47.3 cm³/mol. The molecule has 0 aromatic rings. The van der Waals surface area contributed by atoms with Gasteiger partial charge in [-0.25, -0.2) is 0 Å². The van der Waals surface area contributed by atoms with Gasteiger partial charge in [0.2, 0.25) is 0 Å². The summed E-state index contributed by atoms with van der Waals surface area (Å²) in [6.07, 6.45) is 5.56. The van der Waals surface area contributed by atoms with E-state index in [9.17, 15) is 8.60 Å². The van der Waals surface area contributed by atoms with E-state index in [1.165, 1.54) is 0 Å². The number of hydrogen-bond acceptors (Lipinski definition) is 0. The van der Waals surface area contributed by atoms with Gasteiger partial charge in [-0.3, -0.25) is 0 Å². The Bertz CT molecular complexity index is 101. The van der Waals surface area contributed by atoms with Crippen molar-refractivity contribution in [2.75, 3.05) is 0 Å². The molecule has 0 bridgehead atoms. The Hall–Kier alpha value is 0.589. The van der Waals surface area contributed by atoms with Gasteiger partial charge in [-0.2, -0.15) is 0 Å². The van der Waals surface area contributed by atoms with Crippen LogP contribution in [0.5, 0.6) is 0 Å². The van der Waals surface area contributed by atoms with Gasteiger partial charge in [-0.15, -0.1) is 0 Å². The SMILES string of the molecule is CCCCCCC[CH2][Sn]([F])([F])[F]. The first kappa shape index (κ1) is 12.6. The van der Waals surface area contributed by atoms with Crippen LogP contribution in [0.4, 0.5) is 8.60 Å². The molecule has 74 valence electrons. The Labute approximate surface area is 78.7 Å². The fraction of sp³-hybridized carbons (Fsp3) is 1.00. The van der Waals surface area contributed by atoms with Crippen LogP contribution >= 0.6 is 0 Å². The van der Waals surface area contributed by atoms with E-state index in [1.807, 2.05) is 0 Å². The van der Waals surface area contributed by atoms with E-state index in [-0.39, 0.29) is 0 Å². The topological polar surface area (TPSA) is 0 Å². The molecule has 0 aliphatic carbocycles. The molecule has 0 spiro atoms. The molecule has 0 heterocycles. The van der Waals surface area contributed by atoms with E-state index in [0.717, 1.165) is 32.1 Å². The van der Waals surface area contributed by atoms with E-state index >= 15 is 0 Å². The number of hydrogen-bond donors (Lipinski definition) is 0. The number of rotatable bonds is 7. The van der Waals surface area contributed by atoms with Gasteiger partial charge in [0.15, 0.2) is 0 Å². The van der Waals surface area contributed by atoms with E-state index in [1.54, 1.807) is 0 Å². The summed E-state index contributed by atoms with van der Waals surface area (Å²) in [5.74, 6) is 0. The summed E-state index contributed by atoms with van der Waals surface area (Å²) in [6, 6.07) is 0. The molecule has 0 nitrogen and oxygen atoms in total. The first-order valence-electron chi connectivity index (χ1n) is 4.63. The number of halogens is 3. The maximum atomic E-state index is 11.8. The Morgan fingerprint density at radius 3 is 1.83 bits per heavy atom. The van der Waals surface area contributed by atoms with Crippen LogP contribution in [0.15, 0.2) is 0 Å². The van der Waals surface area contributed by atoms with Crippen molar-refractivity contribution in [1.29, 1.82) is 0 Å². The number of unbranched alkanes of at least 4 members (excludes halogenated alkanes) is 5. The second kappa shape index (κ2) is 7.04. The van der Waals surface area contributed by atoms with Crippen molar-refractivity contribution in [3.63, 3.8) is 0 Å². The van der Waals surface area contributed by atoms with Crippen LogP contribution in [0.25, 0.3) is 0 Å². The van der Waals surface area contributed by atoms with Crippen LogP contribution in [-0.4, -0.2) is 20.1 Å². The van der Waals surface area contributed by atoms with Crippen molar-refractivity contribution in [2.24, 2.45) is 0 Å². The summed E-state index contributed by atoms with van der Waals surface area (Å²) in [5.41, 5.74) is 0. The Morgan fingerprint density at radius 1 is 0.833 bits per heavy atom. The molecule has 0 aromatic carbocycles. The molecule has 0 rings (SSSR count). The van der Waals surface area contributed by atoms with Crippen molar-refractivity contribution in [3.8, 4) is 0 Å². The molecule has 0 aliphatic rings. The van der Waals surface area contributed by atoms with Gasteiger partial charge < -0.3 is 0 Å². The maximum absolute atomic E-state index is 11.8. The third-order valence-electron chi connectivity index (χ3n) is 1.81. The van der Waals surface area contributed by atoms with Crippen LogP contribution in [0, 0.1) is 0 Å². The molecule has 0 saturated carbocycles. The Balaban J connectivity index is 3.01. The van der Waals surface area contributed by atoms with Crippen LogP contribution in [0.3, 0.4) is 0 Å². The van der Waals surface area contributed by atoms with Gasteiger partial charge in [0.05, 0.1) is 0 Å². The molecule has 0 amide bonds. The molecule has 0 unspecified atom stereocenters. The quantitative estimate of drug-likeness (QED) is 0.487. The summed E-state index contributed by atoms with van der Waals surface area (Å²) >= 11 is -5.88. The summed E-state index contributed by atoms with van der Waals surface area (Å²) in [6.45, 7) is 2.10. The van der Waals surface area contributed by atoms with Crippen molar-refractivity contribution in [3.05, 3.63) is 0 Å². The average Bonchev–Trinajstić information content (AvgIpc) is 1.94. The standard InChI is InChI=1S/C8H17.3FH.Sn/c1-3-5-7-8-6-4-2;;;;/h1,3-8H2,2H3;3*1H;/q;;;;+3/p-3. The average molecular weight is 289 g/mol. The van der Waals surface area contributed by atoms with Gasteiger partial charge in [0.25, 0.3) is 0 Å². The predicted octanol–water partition coefficient (Wildman–Crippen LogP) is 4.19.